The van der Waals surface area contributed by atoms with Crippen molar-refractivity contribution in [1.82, 2.24) is 5.32 Å². The van der Waals surface area contributed by atoms with E-state index < -0.39 is 0 Å². The van der Waals surface area contributed by atoms with Crippen LogP contribution < -0.4 is 10.1 Å². The molecule has 1 aromatic rings. The summed E-state index contributed by atoms with van der Waals surface area (Å²) in [6.07, 6.45) is 3.54. The van der Waals surface area contributed by atoms with Crippen LogP contribution in [-0.4, -0.2) is 30.3 Å². The van der Waals surface area contributed by atoms with Gasteiger partial charge in [-0.15, -0.1) is 0 Å². The molecule has 2 aliphatic rings. The largest absolute Gasteiger partial charge is 0.493 e. The molecule has 2 bridgehead atoms. The molecule has 4 nitrogen and oxygen atoms in total. The quantitative estimate of drug-likeness (QED) is 0.847. The fourth-order valence-corrected chi connectivity index (χ4v) is 4.02. The van der Waals surface area contributed by atoms with Crippen molar-refractivity contribution in [2.75, 3.05) is 13.2 Å². The molecule has 5 unspecified atom stereocenters. The van der Waals surface area contributed by atoms with Crippen LogP contribution in [0.1, 0.15) is 26.2 Å². The summed E-state index contributed by atoms with van der Waals surface area (Å²) in [5, 5.41) is 12.8. The maximum Gasteiger partial charge on any atom is 0.226 e. The second-order valence-corrected chi connectivity index (χ2v) is 6.74. The molecule has 2 N–H and O–H groups in total. The van der Waals surface area contributed by atoms with E-state index >= 15 is 0 Å². The number of aliphatic hydroxyl groups is 1. The monoisotopic (exact) mass is 303 g/mol. The van der Waals surface area contributed by atoms with E-state index in [1.807, 2.05) is 37.3 Å². The fraction of sp³-hybridized carbons (Fsp3) is 0.611. The molecular weight excluding hydrogens is 278 g/mol. The highest BCUT2D eigenvalue weighted by Gasteiger charge is 2.47. The van der Waals surface area contributed by atoms with Crippen LogP contribution in [-0.2, 0) is 4.79 Å². The van der Waals surface area contributed by atoms with Crippen LogP contribution in [0.15, 0.2) is 30.3 Å². The molecule has 120 valence electrons. The number of para-hydroxylation sites is 1. The molecule has 0 spiro atoms. The lowest BCUT2D eigenvalue weighted by atomic mass is 9.85. The summed E-state index contributed by atoms with van der Waals surface area (Å²) in [6.45, 7) is 2.45. The Kier molecular flexibility index (Phi) is 4.67. The Morgan fingerprint density at radius 3 is 2.77 bits per heavy atom. The third-order valence-electron chi connectivity index (χ3n) is 5.30. The number of carbonyl (C=O) groups is 1. The predicted molar refractivity (Wildman–Crippen MR) is 84.4 cm³/mol. The third kappa shape index (κ3) is 3.12. The summed E-state index contributed by atoms with van der Waals surface area (Å²) in [5.74, 6) is 2.01. The molecular formula is C18H25NO3. The maximum atomic E-state index is 12.4. The number of hydrogen-bond acceptors (Lipinski definition) is 3. The average Bonchev–Trinajstić information content (AvgIpc) is 3.14. The topological polar surface area (TPSA) is 58.6 Å². The van der Waals surface area contributed by atoms with Gasteiger partial charge in [0.2, 0.25) is 5.91 Å². The van der Waals surface area contributed by atoms with E-state index in [-0.39, 0.29) is 30.4 Å². The fourth-order valence-electron chi connectivity index (χ4n) is 4.02. The normalized spacial score (nSPS) is 31.0. The minimum atomic E-state index is -0.196. The molecule has 0 aliphatic heterocycles. The highest BCUT2D eigenvalue weighted by molar-refractivity contribution is 5.78. The Morgan fingerprint density at radius 1 is 1.32 bits per heavy atom. The van der Waals surface area contributed by atoms with Gasteiger partial charge in [0.05, 0.1) is 12.5 Å². The highest BCUT2D eigenvalue weighted by Crippen LogP contribution is 2.48. The lowest BCUT2D eigenvalue weighted by molar-refractivity contribution is -0.127. The van der Waals surface area contributed by atoms with Gasteiger partial charge in [-0.25, -0.2) is 0 Å². The van der Waals surface area contributed by atoms with Crippen molar-refractivity contribution in [2.24, 2.45) is 23.7 Å². The number of benzene rings is 1. The van der Waals surface area contributed by atoms with Crippen molar-refractivity contribution >= 4 is 5.91 Å². The molecule has 0 aromatic heterocycles. The first-order valence-electron chi connectivity index (χ1n) is 8.28. The summed E-state index contributed by atoms with van der Waals surface area (Å²) < 4.78 is 5.66. The summed E-state index contributed by atoms with van der Waals surface area (Å²) in [5.41, 5.74) is 0. The molecule has 22 heavy (non-hydrogen) atoms. The highest BCUT2D eigenvalue weighted by atomic mass is 16.5. The zero-order chi connectivity index (χ0) is 15.5. The predicted octanol–water partition coefficient (Wildman–Crippen LogP) is 2.22. The molecule has 0 radical (unpaired) electrons. The molecule has 1 aromatic carbocycles. The number of carbonyl (C=O) groups excluding carboxylic acids is 1. The van der Waals surface area contributed by atoms with E-state index in [4.69, 9.17) is 4.74 Å². The van der Waals surface area contributed by atoms with Gasteiger partial charge < -0.3 is 15.2 Å². The minimum Gasteiger partial charge on any atom is -0.493 e. The molecule has 5 atom stereocenters. The summed E-state index contributed by atoms with van der Waals surface area (Å²) in [6, 6.07) is 9.70. The second-order valence-electron chi connectivity index (χ2n) is 6.74. The Bertz CT molecular complexity index is 504. The van der Waals surface area contributed by atoms with Gasteiger partial charge in [0.15, 0.2) is 0 Å². The number of nitrogens with one attached hydrogen (secondary N) is 1. The SMILES string of the molecule is CC(COc1ccccc1)C(=O)NC1C2CCC(C2)C1CO. The third-order valence-corrected chi connectivity index (χ3v) is 5.30. The van der Waals surface area contributed by atoms with Crippen molar-refractivity contribution in [1.29, 1.82) is 0 Å². The Morgan fingerprint density at radius 2 is 2.05 bits per heavy atom. The van der Waals surface area contributed by atoms with Crippen LogP contribution in [0.2, 0.25) is 0 Å². The molecule has 1 amide bonds. The van der Waals surface area contributed by atoms with Gasteiger partial charge in [-0.05, 0) is 43.2 Å². The first-order valence-corrected chi connectivity index (χ1v) is 8.28. The number of hydrogen-bond donors (Lipinski definition) is 2. The van der Waals surface area contributed by atoms with E-state index in [1.165, 1.54) is 12.8 Å². The van der Waals surface area contributed by atoms with Gasteiger partial charge in [0.1, 0.15) is 5.75 Å². The Hall–Kier alpha value is -1.55. The van der Waals surface area contributed by atoms with Crippen molar-refractivity contribution in [3.8, 4) is 5.75 Å². The van der Waals surface area contributed by atoms with Gasteiger partial charge in [-0.3, -0.25) is 4.79 Å². The smallest absolute Gasteiger partial charge is 0.226 e. The van der Waals surface area contributed by atoms with Crippen molar-refractivity contribution in [3.05, 3.63) is 30.3 Å². The van der Waals surface area contributed by atoms with Crippen LogP contribution in [0.25, 0.3) is 0 Å². The van der Waals surface area contributed by atoms with Gasteiger partial charge >= 0.3 is 0 Å². The second kappa shape index (κ2) is 6.69. The number of aliphatic hydroxyl groups excluding tert-OH is 1. The zero-order valence-electron chi connectivity index (χ0n) is 13.1. The number of amides is 1. The maximum absolute atomic E-state index is 12.4. The number of rotatable bonds is 6. The average molecular weight is 303 g/mol. The summed E-state index contributed by atoms with van der Waals surface area (Å²) in [7, 11) is 0. The minimum absolute atomic E-state index is 0.0342. The lowest BCUT2D eigenvalue weighted by Gasteiger charge is -2.31. The van der Waals surface area contributed by atoms with E-state index in [0.29, 0.717) is 18.4 Å². The number of ether oxygens (including phenoxy) is 1. The molecule has 0 heterocycles. The van der Waals surface area contributed by atoms with Gasteiger partial charge in [-0.1, -0.05) is 25.1 Å². The zero-order valence-corrected chi connectivity index (χ0v) is 13.1. The lowest BCUT2D eigenvalue weighted by Crippen LogP contribution is -2.47. The van der Waals surface area contributed by atoms with E-state index in [0.717, 1.165) is 12.2 Å². The van der Waals surface area contributed by atoms with Gasteiger partial charge in [0.25, 0.3) is 0 Å². The summed E-state index contributed by atoms with van der Waals surface area (Å²) >= 11 is 0. The van der Waals surface area contributed by atoms with E-state index in [9.17, 15) is 9.90 Å². The first-order chi connectivity index (χ1) is 10.7. The molecule has 2 fully saturated rings. The van der Waals surface area contributed by atoms with Gasteiger partial charge in [0, 0.05) is 18.6 Å². The molecule has 0 saturated heterocycles. The van der Waals surface area contributed by atoms with E-state index in [2.05, 4.69) is 5.32 Å². The Labute approximate surface area is 131 Å². The van der Waals surface area contributed by atoms with Crippen LogP contribution >= 0.6 is 0 Å². The van der Waals surface area contributed by atoms with Crippen LogP contribution in [0, 0.1) is 23.7 Å². The van der Waals surface area contributed by atoms with Crippen molar-refractivity contribution < 1.29 is 14.6 Å². The van der Waals surface area contributed by atoms with Crippen molar-refractivity contribution in [2.45, 2.75) is 32.2 Å². The molecule has 4 heteroatoms. The molecule has 3 rings (SSSR count). The van der Waals surface area contributed by atoms with Gasteiger partial charge in [-0.2, -0.15) is 0 Å². The standard InChI is InChI=1S/C18H25NO3/c1-12(11-22-15-5-3-2-4-6-15)18(21)19-17-14-8-7-13(9-14)16(17)10-20/h2-6,12-14,16-17,20H,7-11H2,1H3,(H,19,21). The van der Waals surface area contributed by atoms with Crippen LogP contribution in [0.3, 0.4) is 0 Å². The number of fused-ring (bicyclic) bond motifs is 2. The Balaban J connectivity index is 1.51. The van der Waals surface area contributed by atoms with Crippen LogP contribution in [0.4, 0.5) is 0 Å². The van der Waals surface area contributed by atoms with Crippen molar-refractivity contribution in [3.63, 3.8) is 0 Å². The van der Waals surface area contributed by atoms with Crippen LogP contribution in [0.5, 0.6) is 5.75 Å². The first kappa shape index (κ1) is 15.3. The molecule has 2 aliphatic carbocycles. The molecule has 2 saturated carbocycles. The summed E-state index contributed by atoms with van der Waals surface area (Å²) in [4.78, 5) is 12.4. The van der Waals surface area contributed by atoms with E-state index in [1.54, 1.807) is 0 Å².